The fourth-order valence-corrected chi connectivity index (χ4v) is 1.56. The maximum absolute atomic E-state index is 11.0. The van der Waals surface area contributed by atoms with Gasteiger partial charge < -0.3 is 9.47 Å². The van der Waals surface area contributed by atoms with Gasteiger partial charge >= 0.3 is 6.16 Å². The van der Waals surface area contributed by atoms with Crippen LogP contribution in [0, 0.1) is 0 Å². The van der Waals surface area contributed by atoms with Crippen LogP contribution in [0.1, 0.15) is 51.9 Å². The van der Waals surface area contributed by atoms with E-state index in [-0.39, 0.29) is 6.61 Å². The summed E-state index contributed by atoms with van der Waals surface area (Å²) < 4.78 is 7.85. The van der Waals surface area contributed by atoms with Gasteiger partial charge in [-0.15, -0.1) is 0 Å². The summed E-state index contributed by atoms with van der Waals surface area (Å²) in [4.78, 5) is 11.0. The summed E-state index contributed by atoms with van der Waals surface area (Å²) in [5.41, 5.74) is 0. The van der Waals surface area contributed by atoms with Crippen LogP contribution in [-0.2, 0) is 9.47 Å². The van der Waals surface area contributed by atoms with E-state index in [4.69, 9.17) is 39.5 Å². The number of carbonyl (C=O) groups is 1. The number of hydrogen-bond donors (Lipinski definition) is 0. The molecule has 3 nitrogen and oxygen atoms in total. The number of alkyl halides is 3. The predicted octanol–water partition coefficient (Wildman–Crippen LogP) is 5.26. The maximum atomic E-state index is 11.0. The highest BCUT2D eigenvalue weighted by molar-refractivity contribution is 6.67. The lowest BCUT2D eigenvalue weighted by Gasteiger charge is -2.11. The number of unbranched alkanes of at least 4 members (excludes halogenated alkanes) is 6. The van der Waals surface area contributed by atoms with Gasteiger partial charge in [-0.25, -0.2) is 4.79 Å². The maximum Gasteiger partial charge on any atom is 0.508 e. The second-order valence-electron chi connectivity index (χ2n) is 4.12. The number of rotatable bonds is 9. The molecule has 0 atom stereocenters. The zero-order chi connectivity index (χ0) is 13.9. The summed E-state index contributed by atoms with van der Waals surface area (Å²) in [6, 6.07) is 0. The Morgan fingerprint density at radius 3 is 2.06 bits per heavy atom. The zero-order valence-corrected chi connectivity index (χ0v) is 13.0. The lowest BCUT2D eigenvalue weighted by atomic mass is 10.1. The average Bonchev–Trinajstić information content (AvgIpc) is 2.29. The first-order valence-electron chi connectivity index (χ1n) is 6.32. The third-order valence-corrected chi connectivity index (χ3v) is 2.65. The topological polar surface area (TPSA) is 35.5 Å². The summed E-state index contributed by atoms with van der Waals surface area (Å²) in [5.74, 6) is 0. The smallest absolute Gasteiger partial charge is 0.434 e. The number of ether oxygens (including phenoxy) is 2. The van der Waals surface area contributed by atoms with E-state index in [1.807, 2.05) is 0 Å². The van der Waals surface area contributed by atoms with E-state index in [2.05, 4.69) is 11.7 Å². The molecule has 0 aromatic rings. The quantitative estimate of drug-likeness (QED) is 0.330. The summed E-state index contributed by atoms with van der Waals surface area (Å²) in [6.07, 6.45) is 7.35. The molecule has 0 fully saturated rings. The van der Waals surface area contributed by atoms with Gasteiger partial charge in [0.15, 0.2) is 0 Å². The van der Waals surface area contributed by atoms with E-state index in [0.717, 1.165) is 12.8 Å². The van der Waals surface area contributed by atoms with Crippen molar-refractivity contribution in [2.45, 2.75) is 55.7 Å². The molecule has 0 saturated carbocycles. The van der Waals surface area contributed by atoms with Crippen LogP contribution in [0.4, 0.5) is 4.79 Å². The van der Waals surface area contributed by atoms with Crippen molar-refractivity contribution in [2.75, 3.05) is 13.2 Å². The Morgan fingerprint density at radius 2 is 1.50 bits per heavy atom. The van der Waals surface area contributed by atoms with Crippen molar-refractivity contribution in [1.82, 2.24) is 0 Å². The van der Waals surface area contributed by atoms with Crippen molar-refractivity contribution in [2.24, 2.45) is 0 Å². The second-order valence-corrected chi connectivity index (χ2v) is 6.64. The van der Waals surface area contributed by atoms with Crippen LogP contribution in [0.2, 0.25) is 0 Å². The van der Waals surface area contributed by atoms with Crippen LogP contribution >= 0.6 is 34.8 Å². The van der Waals surface area contributed by atoms with Gasteiger partial charge in [0.1, 0.15) is 6.61 Å². The monoisotopic (exact) mass is 318 g/mol. The fraction of sp³-hybridized carbons (Fsp3) is 0.917. The molecule has 0 bridgehead atoms. The molecule has 0 spiro atoms. The molecule has 0 aliphatic rings. The Balaban J connectivity index is 3.25. The van der Waals surface area contributed by atoms with Gasteiger partial charge in [-0.05, 0) is 6.42 Å². The lowest BCUT2D eigenvalue weighted by Crippen LogP contribution is -2.18. The summed E-state index contributed by atoms with van der Waals surface area (Å²) in [6.45, 7) is 2.25. The van der Waals surface area contributed by atoms with Crippen molar-refractivity contribution in [3.05, 3.63) is 0 Å². The van der Waals surface area contributed by atoms with Gasteiger partial charge in [0.2, 0.25) is 3.79 Å². The van der Waals surface area contributed by atoms with Crippen molar-refractivity contribution in [3.63, 3.8) is 0 Å². The van der Waals surface area contributed by atoms with Gasteiger partial charge in [0, 0.05) is 0 Å². The molecule has 0 aliphatic heterocycles. The van der Waals surface area contributed by atoms with Crippen LogP contribution in [0.3, 0.4) is 0 Å². The third-order valence-electron chi connectivity index (χ3n) is 2.32. The van der Waals surface area contributed by atoms with E-state index in [9.17, 15) is 4.79 Å². The molecule has 0 radical (unpaired) electrons. The average molecular weight is 320 g/mol. The molecular formula is C12H21Cl3O3. The standard InChI is InChI=1S/C12H21Cl3O3/c1-2-3-4-5-6-7-8-9-17-11(16)18-10-12(13,14)15/h2-10H2,1H3. The number of halogens is 3. The van der Waals surface area contributed by atoms with E-state index in [0.29, 0.717) is 6.61 Å². The molecule has 0 aromatic heterocycles. The molecule has 0 N–H and O–H groups in total. The first-order valence-corrected chi connectivity index (χ1v) is 7.45. The Hall–Kier alpha value is 0.140. The summed E-state index contributed by atoms with van der Waals surface area (Å²) in [5, 5.41) is 0. The van der Waals surface area contributed by atoms with E-state index < -0.39 is 9.95 Å². The molecule has 18 heavy (non-hydrogen) atoms. The van der Waals surface area contributed by atoms with E-state index in [1.165, 1.54) is 32.1 Å². The summed E-state index contributed by atoms with van der Waals surface area (Å²) in [7, 11) is 0. The van der Waals surface area contributed by atoms with Crippen LogP contribution in [0.5, 0.6) is 0 Å². The number of carbonyl (C=O) groups excluding carboxylic acids is 1. The molecular weight excluding hydrogens is 298 g/mol. The van der Waals surface area contributed by atoms with Gasteiger partial charge in [0.25, 0.3) is 0 Å². The zero-order valence-electron chi connectivity index (χ0n) is 10.7. The molecule has 0 aliphatic carbocycles. The SMILES string of the molecule is CCCCCCCCCOC(=O)OCC(Cl)(Cl)Cl. The van der Waals surface area contributed by atoms with Gasteiger partial charge in [-0.3, -0.25) is 0 Å². The van der Waals surface area contributed by atoms with Crippen molar-refractivity contribution in [3.8, 4) is 0 Å². The van der Waals surface area contributed by atoms with Crippen LogP contribution < -0.4 is 0 Å². The predicted molar refractivity (Wildman–Crippen MR) is 75.6 cm³/mol. The molecule has 0 rings (SSSR count). The molecule has 0 heterocycles. The molecule has 6 heteroatoms. The molecule has 0 aromatic carbocycles. The van der Waals surface area contributed by atoms with Crippen molar-refractivity contribution < 1.29 is 14.3 Å². The first kappa shape index (κ1) is 18.1. The minimum Gasteiger partial charge on any atom is -0.434 e. The van der Waals surface area contributed by atoms with E-state index in [1.54, 1.807) is 0 Å². The molecule has 108 valence electrons. The second kappa shape index (κ2) is 11.0. The largest absolute Gasteiger partial charge is 0.508 e. The minimum atomic E-state index is -1.59. The Morgan fingerprint density at radius 1 is 0.944 bits per heavy atom. The first-order chi connectivity index (χ1) is 8.45. The Labute approximate surface area is 124 Å². The molecule has 0 saturated heterocycles. The summed E-state index contributed by atoms with van der Waals surface area (Å²) >= 11 is 16.3. The number of hydrogen-bond acceptors (Lipinski definition) is 3. The highest BCUT2D eigenvalue weighted by Crippen LogP contribution is 2.25. The molecule has 0 amide bonds. The third kappa shape index (κ3) is 14.2. The highest BCUT2D eigenvalue weighted by atomic mass is 35.6. The van der Waals surface area contributed by atoms with Crippen molar-refractivity contribution >= 4 is 41.0 Å². The highest BCUT2D eigenvalue weighted by Gasteiger charge is 2.22. The fourth-order valence-electron chi connectivity index (χ4n) is 1.40. The van der Waals surface area contributed by atoms with Crippen LogP contribution in [0.25, 0.3) is 0 Å². The Bertz CT molecular complexity index is 217. The molecule has 0 unspecified atom stereocenters. The minimum absolute atomic E-state index is 0.298. The normalized spacial score (nSPS) is 11.3. The van der Waals surface area contributed by atoms with Crippen LogP contribution in [0.15, 0.2) is 0 Å². The van der Waals surface area contributed by atoms with Gasteiger partial charge in [0.05, 0.1) is 6.61 Å². The lowest BCUT2D eigenvalue weighted by molar-refractivity contribution is 0.0554. The van der Waals surface area contributed by atoms with Crippen LogP contribution in [-0.4, -0.2) is 23.2 Å². The van der Waals surface area contributed by atoms with Gasteiger partial charge in [-0.2, -0.15) is 0 Å². The Kier molecular flexibility index (Phi) is 11.1. The van der Waals surface area contributed by atoms with Crippen molar-refractivity contribution in [1.29, 1.82) is 0 Å². The van der Waals surface area contributed by atoms with E-state index >= 15 is 0 Å². The van der Waals surface area contributed by atoms with Gasteiger partial charge in [-0.1, -0.05) is 80.3 Å².